The van der Waals surface area contributed by atoms with Gasteiger partial charge in [-0.05, 0) is 30.3 Å². The maximum absolute atomic E-state index is 12.7. The molecule has 0 radical (unpaired) electrons. The molecule has 0 N–H and O–H groups in total. The summed E-state index contributed by atoms with van der Waals surface area (Å²) in [6.45, 7) is 1.32. The van der Waals surface area contributed by atoms with Gasteiger partial charge in [-0.1, -0.05) is 6.07 Å². The van der Waals surface area contributed by atoms with Crippen LogP contribution in [-0.4, -0.2) is 62.0 Å². The fraction of sp³-hybridized carbons (Fsp3) is 0.364. The Morgan fingerprint density at radius 2 is 1.52 bits per heavy atom. The van der Waals surface area contributed by atoms with Crippen LogP contribution in [0.25, 0.3) is 0 Å². The molecule has 0 unspecified atom stereocenters. The number of hydrogen-bond donors (Lipinski definition) is 0. The van der Waals surface area contributed by atoms with E-state index in [4.69, 9.17) is 9.47 Å². The first-order valence-electron chi connectivity index (χ1n) is 9.68. The molecule has 0 aromatic heterocycles. The monoisotopic (exact) mass is 436 g/mol. The van der Waals surface area contributed by atoms with Crippen molar-refractivity contribution in [3.8, 4) is 11.5 Å². The molecule has 1 fully saturated rings. The molecule has 2 amide bonds. The van der Waals surface area contributed by atoms with E-state index < -0.39 is 11.7 Å². The lowest BCUT2D eigenvalue weighted by Crippen LogP contribution is -2.51. The van der Waals surface area contributed by atoms with Crippen molar-refractivity contribution < 1.29 is 32.2 Å². The molecule has 1 saturated heterocycles. The highest BCUT2D eigenvalue weighted by atomic mass is 19.4. The second kappa shape index (κ2) is 9.28. The van der Waals surface area contributed by atoms with Gasteiger partial charge in [-0.2, -0.15) is 13.2 Å². The van der Waals surface area contributed by atoms with E-state index in [9.17, 15) is 22.8 Å². The van der Waals surface area contributed by atoms with Gasteiger partial charge in [0.2, 0.25) is 5.91 Å². The van der Waals surface area contributed by atoms with Gasteiger partial charge in [-0.25, -0.2) is 0 Å². The Bertz CT molecular complexity index is 937. The van der Waals surface area contributed by atoms with Crippen LogP contribution in [-0.2, 0) is 17.4 Å². The van der Waals surface area contributed by atoms with Crippen molar-refractivity contribution in [2.24, 2.45) is 0 Å². The number of benzene rings is 2. The minimum Gasteiger partial charge on any atom is -0.497 e. The fourth-order valence-corrected chi connectivity index (χ4v) is 3.42. The average Bonchev–Trinajstić information content (AvgIpc) is 2.78. The van der Waals surface area contributed by atoms with Crippen molar-refractivity contribution in [1.29, 1.82) is 0 Å². The third-order valence-corrected chi connectivity index (χ3v) is 5.21. The molecule has 2 aromatic carbocycles. The fourth-order valence-electron chi connectivity index (χ4n) is 3.42. The van der Waals surface area contributed by atoms with Crippen molar-refractivity contribution in [2.75, 3.05) is 40.4 Å². The van der Waals surface area contributed by atoms with Crippen LogP contribution in [0.4, 0.5) is 13.2 Å². The number of halogens is 3. The van der Waals surface area contributed by atoms with E-state index in [0.29, 0.717) is 37.7 Å². The SMILES string of the molecule is COc1ccc(CC(=O)N2CCN(C(=O)c3ccc(C(F)(F)F)cc3)CC2)c(OC)c1. The Balaban J connectivity index is 1.58. The van der Waals surface area contributed by atoms with Crippen LogP contribution in [0.15, 0.2) is 42.5 Å². The number of alkyl halides is 3. The quantitative estimate of drug-likeness (QED) is 0.722. The lowest BCUT2D eigenvalue weighted by Gasteiger charge is -2.35. The molecule has 0 bridgehead atoms. The van der Waals surface area contributed by atoms with Crippen LogP contribution < -0.4 is 9.47 Å². The second-order valence-electron chi connectivity index (χ2n) is 7.10. The van der Waals surface area contributed by atoms with Gasteiger partial charge in [0.05, 0.1) is 26.2 Å². The zero-order valence-corrected chi connectivity index (χ0v) is 17.2. The van der Waals surface area contributed by atoms with Crippen molar-refractivity contribution in [1.82, 2.24) is 9.80 Å². The zero-order chi connectivity index (χ0) is 22.6. The van der Waals surface area contributed by atoms with Crippen LogP contribution >= 0.6 is 0 Å². The third kappa shape index (κ3) is 5.28. The molecule has 31 heavy (non-hydrogen) atoms. The first-order valence-corrected chi connectivity index (χ1v) is 9.68. The summed E-state index contributed by atoms with van der Waals surface area (Å²) in [4.78, 5) is 28.5. The van der Waals surface area contributed by atoms with Gasteiger partial charge < -0.3 is 19.3 Å². The summed E-state index contributed by atoms with van der Waals surface area (Å²) in [6.07, 6.45) is -4.29. The van der Waals surface area contributed by atoms with E-state index >= 15 is 0 Å². The highest BCUT2D eigenvalue weighted by Crippen LogP contribution is 2.29. The predicted molar refractivity (Wildman–Crippen MR) is 107 cm³/mol. The van der Waals surface area contributed by atoms with Gasteiger partial charge >= 0.3 is 6.18 Å². The molecule has 0 saturated carbocycles. The summed E-state index contributed by atoms with van der Waals surface area (Å²) in [5.74, 6) is 0.745. The average molecular weight is 436 g/mol. The Labute approximate surface area is 178 Å². The molecule has 1 aliphatic heterocycles. The van der Waals surface area contributed by atoms with Crippen molar-refractivity contribution >= 4 is 11.8 Å². The summed E-state index contributed by atoms with van der Waals surface area (Å²) in [7, 11) is 3.07. The number of amides is 2. The molecule has 0 aliphatic carbocycles. The van der Waals surface area contributed by atoms with Gasteiger partial charge in [0.15, 0.2) is 0 Å². The van der Waals surface area contributed by atoms with E-state index in [2.05, 4.69) is 0 Å². The van der Waals surface area contributed by atoms with E-state index in [0.717, 1.165) is 17.7 Å². The van der Waals surface area contributed by atoms with Gasteiger partial charge in [0.1, 0.15) is 11.5 Å². The summed E-state index contributed by atoms with van der Waals surface area (Å²) < 4.78 is 48.6. The molecule has 6 nitrogen and oxygen atoms in total. The predicted octanol–water partition coefficient (Wildman–Crippen LogP) is 3.25. The smallest absolute Gasteiger partial charge is 0.416 e. The van der Waals surface area contributed by atoms with Crippen molar-refractivity contribution in [3.05, 3.63) is 59.2 Å². The number of hydrogen-bond acceptors (Lipinski definition) is 4. The Morgan fingerprint density at radius 1 is 0.903 bits per heavy atom. The summed E-state index contributed by atoms with van der Waals surface area (Å²) in [6, 6.07) is 9.40. The summed E-state index contributed by atoms with van der Waals surface area (Å²) in [5, 5.41) is 0. The Kier molecular flexibility index (Phi) is 6.72. The zero-order valence-electron chi connectivity index (χ0n) is 17.2. The molecule has 9 heteroatoms. The first-order chi connectivity index (χ1) is 14.7. The van der Waals surface area contributed by atoms with Crippen molar-refractivity contribution in [2.45, 2.75) is 12.6 Å². The van der Waals surface area contributed by atoms with E-state index in [1.54, 1.807) is 35.1 Å². The normalized spacial score (nSPS) is 14.4. The topological polar surface area (TPSA) is 59.1 Å². The highest BCUT2D eigenvalue weighted by Gasteiger charge is 2.31. The van der Waals surface area contributed by atoms with Crippen LogP contribution in [0.3, 0.4) is 0 Å². The van der Waals surface area contributed by atoms with Crippen LogP contribution in [0.2, 0.25) is 0 Å². The van der Waals surface area contributed by atoms with Gasteiger partial charge in [-0.3, -0.25) is 9.59 Å². The molecular weight excluding hydrogens is 413 g/mol. The number of carbonyl (C=O) groups is 2. The number of ether oxygens (including phenoxy) is 2. The number of methoxy groups -OCH3 is 2. The molecular formula is C22H23F3N2O4. The standard InChI is InChI=1S/C22H23F3N2O4/c1-30-18-8-5-16(19(14-18)31-2)13-20(28)26-9-11-27(12-10-26)21(29)15-3-6-17(7-4-15)22(23,24)25/h3-8,14H,9-13H2,1-2H3. The molecule has 0 atom stereocenters. The van der Waals surface area contributed by atoms with Gasteiger partial charge in [0.25, 0.3) is 5.91 Å². The van der Waals surface area contributed by atoms with Gasteiger partial charge in [-0.15, -0.1) is 0 Å². The minimum atomic E-state index is -4.44. The molecule has 0 spiro atoms. The van der Waals surface area contributed by atoms with E-state index in [1.807, 2.05) is 0 Å². The summed E-state index contributed by atoms with van der Waals surface area (Å²) in [5.41, 5.74) is 0.126. The lowest BCUT2D eigenvalue weighted by atomic mass is 10.1. The van der Waals surface area contributed by atoms with Crippen LogP contribution in [0.1, 0.15) is 21.5 Å². The van der Waals surface area contributed by atoms with Crippen molar-refractivity contribution in [3.63, 3.8) is 0 Å². The second-order valence-corrected chi connectivity index (χ2v) is 7.10. The van der Waals surface area contributed by atoms with Gasteiger partial charge in [0, 0.05) is 43.4 Å². The van der Waals surface area contributed by atoms with Crippen LogP contribution in [0.5, 0.6) is 11.5 Å². The number of carbonyl (C=O) groups excluding carboxylic acids is 2. The maximum Gasteiger partial charge on any atom is 0.416 e. The molecule has 166 valence electrons. The summed E-state index contributed by atoms with van der Waals surface area (Å²) >= 11 is 0. The lowest BCUT2D eigenvalue weighted by molar-refractivity contribution is -0.137. The Hall–Kier alpha value is -3.23. The first kappa shape index (κ1) is 22.5. The maximum atomic E-state index is 12.7. The van der Waals surface area contributed by atoms with E-state index in [1.165, 1.54) is 19.2 Å². The molecule has 3 rings (SSSR count). The minimum absolute atomic E-state index is 0.0925. The van der Waals surface area contributed by atoms with E-state index in [-0.39, 0.29) is 23.8 Å². The number of piperazine rings is 1. The Morgan fingerprint density at radius 3 is 2.06 bits per heavy atom. The number of nitrogens with zero attached hydrogens (tertiary/aromatic N) is 2. The third-order valence-electron chi connectivity index (χ3n) is 5.21. The highest BCUT2D eigenvalue weighted by molar-refractivity contribution is 5.94. The van der Waals surface area contributed by atoms with Crippen LogP contribution in [0, 0.1) is 0 Å². The molecule has 2 aromatic rings. The number of rotatable bonds is 5. The molecule has 1 heterocycles. The molecule has 1 aliphatic rings. The largest absolute Gasteiger partial charge is 0.497 e.